The fourth-order valence-corrected chi connectivity index (χ4v) is 5.15. The van der Waals surface area contributed by atoms with Gasteiger partial charge in [0.25, 0.3) is 0 Å². The van der Waals surface area contributed by atoms with E-state index in [1.54, 1.807) is 25.6 Å². The molecule has 6 nitrogen and oxygen atoms in total. The van der Waals surface area contributed by atoms with E-state index in [-0.39, 0.29) is 0 Å². The Morgan fingerprint density at radius 1 is 0.667 bits per heavy atom. The Kier molecular flexibility index (Phi) is 5.67. The quantitative estimate of drug-likeness (QED) is 0.254. The molecule has 4 aromatic carbocycles. The molecule has 0 fully saturated rings. The van der Waals surface area contributed by atoms with Crippen LogP contribution in [0.1, 0.15) is 0 Å². The molecule has 2 heterocycles. The predicted octanol–water partition coefficient (Wildman–Crippen LogP) is 6.90. The molecule has 0 atom stereocenters. The van der Waals surface area contributed by atoms with Crippen molar-refractivity contribution in [1.82, 2.24) is 19.7 Å². The highest BCUT2D eigenvalue weighted by Gasteiger charge is 2.20. The first-order chi connectivity index (χ1) is 17.7. The number of ether oxygens (including phenoxy) is 2. The third kappa shape index (κ3) is 3.89. The fourth-order valence-electron chi connectivity index (χ4n) is 4.18. The maximum Gasteiger partial charge on any atom is 0.185 e. The SMILES string of the molecule is COc1ccccc1-c1nc(-c2ccccc2OC)n(-c2ccc(-c3nc4ccccc4s3)cc2)n1. The van der Waals surface area contributed by atoms with E-state index in [4.69, 9.17) is 24.5 Å². The Balaban J connectivity index is 1.48. The molecule has 0 spiro atoms. The van der Waals surface area contributed by atoms with E-state index in [1.807, 2.05) is 83.5 Å². The van der Waals surface area contributed by atoms with E-state index in [1.165, 1.54) is 4.70 Å². The summed E-state index contributed by atoms with van der Waals surface area (Å²) in [7, 11) is 3.31. The molecule has 0 radical (unpaired) electrons. The lowest BCUT2D eigenvalue weighted by atomic mass is 10.1. The minimum Gasteiger partial charge on any atom is -0.496 e. The number of thiazole rings is 1. The number of para-hydroxylation sites is 3. The van der Waals surface area contributed by atoms with Crippen LogP contribution in [0.25, 0.3) is 49.3 Å². The summed E-state index contributed by atoms with van der Waals surface area (Å²) in [5, 5.41) is 5.89. The molecular weight excluding hydrogens is 468 g/mol. The number of nitrogens with zero attached hydrogens (tertiary/aromatic N) is 4. The number of fused-ring (bicyclic) bond motifs is 1. The largest absolute Gasteiger partial charge is 0.496 e. The van der Waals surface area contributed by atoms with Crippen molar-refractivity contribution in [3.05, 3.63) is 97.1 Å². The van der Waals surface area contributed by atoms with E-state index < -0.39 is 0 Å². The summed E-state index contributed by atoms with van der Waals surface area (Å²) in [5.74, 6) is 2.70. The summed E-state index contributed by atoms with van der Waals surface area (Å²) < 4.78 is 14.2. The van der Waals surface area contributed by atoms with Crippen molar-refractivity contribution in [3.63, 3.8) is 0 Å². The average molecular weight is 491 g/mol. The van der Waals surface area contributed by atoms with Gasteiger partial charge >= 0.3 is 0 Å². The smallest absolute Gasteiger partial charge is 0.185 e. The van der Waals surface area contributed by atoms with Crippen LogP contribution in [0.4, 0.5) is 0 Å². The van der Waals surface area contributed by atoms with E-state index >= 15 is 0 Å². The first kappa shape index (κ1) is 22.0. The standard InChI is InChI=1S/C29H22N4O2S/c1-34-24-12-6-3-9-21(24)27-31-28(22-10-4-7-13-25(22)35-2)33(32-27)20-17-15-19(16-18-20)29-30-23-11-5-8-14-26(23)36-29/h3-18H,1-2H3. The number of methoxy groups -OCH3 is 2. The first-order valence-corrected chi connectivity index (χ1v) is 12.3. The number of aromatic nitrogens is 4. The zero-order chi connectivity index (χ0) is 24.5. The molecule has 0 bridgehead atoms. The van der Waals surface area contributed by atoms with Crippen LogP contribution in [0.3, 0.4) is 0 Å². The van der Waals surface area contributed by atoms with Crippen LogP contribution >= 0.6 is 11.3 Å². The van der Waals surface area contributed by atoms with Gasteiger partial charge in [0.1, 0.15) is 16.5 Å². The summed E-state index contributed by atoms with van der Waals surface area (Å²) in [4.78, 5) is 9.72. The molecule has 6 aromatic rings. The van der Waals surface area contributed by atoms with Crippen molar-refractivity contribution >= 4 is 21.6 Å². The van der Waals surface area contributed by atoms with E-state index in [9.17, 15) is 0 Å². The summed E-state index contributed by atoms with van der Waals surface area (Å²) >= 11 is 1.69. The molecule has 6 rings (SSSR count). The zero-order valence-electron chi connectivity index (χ0n) is 19.8. The van der Waals surface area contributed by atoms with E-state index in [0.717, 1.165) is 38.7 Å². The zero-order valence-corrected chi connectivity index (χ0v) is 20.6. The third-order valence-corrected chi connectivity index (χ3v) is 7.04. The topological polar surface area (TPSA) is 62.1 Å². The van der Waals surface area contributed by atoms with Crippen LogP contribution in [0.15, 0.2) is 97.1 Å². The molecule has 0 aliphatic heterocycles. The summed E-state index contributed by atoms with van der Waals surface area (Å²) in [6, 6.07) is 32.0. The molecule has 0 aliphatic carbocycles. The van der Waals surface area contributed by atoms with Crippen molar-refractivity contribution < 1.29 is 9.47 Å². The van der Waals surface area contributed by atoms with E-state index in [0.29, 0.717) is 17.4 Å². The maximum atomic E-state index is 5.64. The second-order valence-electron chi connectivity index (χ2n) is 8.11. The van der Waals surface area contributed by atoms with Crippen LogP contribution in [-0.4, -0.2) is 34.0 Å². The van der Waals surface area contributed by atoms with Gasteiger partial charge < -0.3 is 9.47 Å². The molecule has 0 aliphatic rings. The van der Waals surface area contributed by atoms with Gasteiger partial charge in [-0.25, -0.2) is 14.6 Å². The lowest BCUT2D eigenvalue weighted by Gasteiger charge is -2.10. The normalized spacial score (nSPS) is 11.1. The van der Waals surface area contributed by atoms with Gasteiger partial charge in [-0.05, 0) is 60.7 Å². The van der Waals surface area contributed by atoms with Crippen LogP contribution in [0.2, 0.25) is 0 Å². The molecular formula is C29H22N4O2S. The average Bonchev–Trinajstić information content (AvgIpc) is 3.58. The van der Waals surface area contributed by atoms with E-state index in [2.05, 4.69) is 18.2 Å². The summed E-state index contributed by atoms with van der Waals surface area (Å²) in [5.41, 5.74) is 4.63. The Morgan fingerprint density at radius 3 is 2.03 bits per heavy atom. The number of hydrogen-bond donors (Lipinski definition) is 0. The van der Waals surface area contributed by atoms with Crippen molar-refractivity contribution in [2.75, 3.05) is 14.2 Å². The monoisotopic (exact) mass is 490 g/mol. The van der Waals surface area contributed by atoms with Crippen molar-refractivity contribution in [1.29, 1.82) is 0 Å². The van der Waals surface area contributed by atoms with Crippen LogP contribution < -0.4 is 9.47 Å². The molecule has 176 valence electrons. The van der Waals surface area contributed by atoms with Gasteiger partial charge in [0.05, 0.1) is 41.3 Å². The molecule has 36 heavy (non-hydrogen) atoms. The van der Waals surface area contributed by atoms with Crippen molar-refractivity contribution in [2.45, 2.75) is 0 Å². The summed E-state index contributed by atoms with van der Waals surface area (Å²) in [6.45, 7) is 0. The third-order valence-electron chi connectivity index (χ3n) is 5.96. The Bertz CT molecular complexity index is 1640. The van der Waals surface area contributed by atoms with Gasteiger partial charge in [0.2, 0.25) is 0 Å². The number of rotatable bonds is 6. The highest BCUT2D eigenvalue weighted by atomic mass is 32.1. The van der Waals surface area contributed by atoms with Gasteiger partial charge in [-0.15, -0.1) is 16.4 Å². The van der Waals surface area contributed by atoms with Crippen LogP contribution in [0.5, 0.6) is 11.5 Å². The minimum atomic E-state index is 0.573. The van der Waals surface area contributed by atoms with Gasteiger partial charge in [-0.3, -0.25) is 0 Å². The van der Waals surface area contributed by atoms with Crippen molar-refractivity contribution in [2.24, 2.45) is 0 Å². The fraction of sp³-hybridized carbons (Fsp3) is 0.0690. The van der Waals surface area contributed by atoms with Gasteiger partial charge in [0, 0.05) is 5.56 Å². The molecule has 0 N–H and O–H groups in total. The Morgan fingerprint density at radius 2 is 1.31 bits per heavy atom. The Hall–Kier alpha value is -4.49. The highest BCUT2D eigenvalue weighted by Crippen LogP contribution is 2.35. The minimum absolute atomic E-state index is 0.573. The Labute approximate surface area is 212 Å². The molecule has 0 amide bonds. The summed E-state index contributed by atoms with van der Waals surface area (Å²) in [6.07, 6.45) is 0. The second kappa shape index (κ2) is 9.28. The number of benzene rings is 4. The highest BCUT2D eigenvalue weighted by molar-refractivity contribution is 7.21. The molecule has 0 unspecified atom stereocenters. The van der Waals surface area contributed by atoms with Crippen LogP contribution in [-0.2, 0) is 0 Å². The lowest BCUT2D eigenvalue weighted by Crippen LogP contribution is -2.01. The van der Waals surface area contributed by atoms with Gasteiger partial charge in [0.15, 0.2) is 11.6 Å². The van der Waals surface area contributed by atoms with Gasteiger partial charge in [-0.2, -0.15) is 0 Å². The molecule has 0 saturated carbocycles. The molecule has 2 aromatic heterocycles. The first-order valence-electron chi connectivity index (χ1n) is 11.5. The molecule has 0 saturated heterocycles. The maximum absolute atomic E-state index is 5.64. The number of hydrogen-bond acceptors (Lipinski definition) is 6. The second-order valence-corrected chi connectivity index (χ2v) is 9.14. The van der Waals surface area contributed by atoms with Crippen molar-refractivity contribution in [3.8, 4) is 50.5 Å². The predicted molar refractivity (Wildman–Crippen MR) is 144 cm³/mol. The van der Waals surface area contributed by atoms with Crippen LogP contribution in [0, 0.1) is 0 Å². The van der Waals surface area contributed by atoms with Gasteiger partial charge in [-0.1, -0.05) is 36.4 Å². The lowest BCUT2D eigenvalue weighted by molar-refractivity contribution is 0.416. The molecule has 7 heteroatoms.